The van der Waals surface area contributed by atoms with Crippen LogP contribution in [0.2, 0.25) is 0 Å². The molecule has 9 heteroatoms. The first-order chi connectivity index (χ1) is 10.0. The quantitative estimate of drug-likeness (QED) is 0.613. The van der Waals surface area contributed by atoms with E-state index in [1.807, 2.05) is 0 Å². The summed E-state index contributed by atoms with van der Waals surface area (Å²) < 4.78 is 88.0. The molecule has 0 aliphatic rings. The number of halogens is 5. The van der Waals surface area contributed by atoms with E-state index in [1.54, 1.807) is 30.3 Å². The summed E-state index contributed by atoms with van der Waals surface area (Å²) in [5, 5.41) is -4.52. The highest BCUT2D eigenvalue weighted by atomic mass is 32.3. The molecule has 0 aliphatic heterocycles. The summed E-state index contributed by atoms with van der Waals surface area (Å²) >= 11 is 0. The summed E-state index contributed by atoms with van der Waals surface area (Å²) in [5.41, 5.74) is 0.102. The summed E-state index contributed by atoms with van der Waals surface area (Å²) in [6, 6.07) is 11.2. The van der Waals surface area contributed by atoms with Gasteiger partial charge in [-0.2, -0.15) is 26.0 Å². The first-order valence-corrected chi connectivity index (χ1v) is 7.24. The van der Waals surface area contributed by atoms with Gasteiger partial charge in [-0.05, 0) is 22.4 Å². The minimum absolute atomic E-state index is 0.102. The van der Waals surface area contributed by atoms with Gasteiger partial charge in [-0.3, -0.25) is 0 Å². The van der Waals surface area contributed by atoms with E-state index in [1.165, 1.54) is 12.1 Å². The van der Waals surface area contributed by atoms with E-state index in [9.17, 15) is 29.9 Å². The van der Waals surface area contributed by atoms with Crippen LogP contribution in [-0.2, 0) is 21.6 Å². The number of hydrogen-bond acceptors (Lipinski definition) is 3. The van der Waals surface area contributed by atoms with Crippen molar-refractivity contribution in [3.05, 3.63) is 48.0 Å². The molecule has 3 nitrogen and oxygen atoms in total. The van der Waals surface area contributed by atoms with Gasteiger partial charge in [-0.25, -0.2) is 0 Å². The predicted molar refractivity (Wildman–Crippen MR) is 68.7 cm³/mol. The van der Waals surface area contributed by atoms with Crippen LogP contribution in [0.1, 0.15) is 5.56 Å². The Morgan fingerprint density at radius 3 is 2.14 bits per heavy atom. The second-order valence-corrected chi connectivity index (χ2v) is 5.83. The van der Waals surface area contributed by atoms with Gasteiger partial charge in [0.2, 0.25) is 0 Å². The molecular weight excluding hydrogens is 331 g/mol. The van der Waals surface area contributed by atoms with E-state index >= 15 is 0 Å². The molecular formula is C13H9F5O3S. The zero-order chi connectivity index (χ0) is 16.6. The van der Waals surface area contributed by atoms with Crippen LogP contribution in [-0.4, -0.2) is 19.8 Å². The first-order valence-electron chi connectivity index (χ1n) is 5.86. The Morgan fingerprint density at radius 1 is 0.955 bits per heavy atom. The van der Waals surface area contributed by atoms with Crippen molar-refractivity contribution in [1.82, 2.24) is 0 Å². The molecule has 0 bridgehead atoms. The third-order valence-corrected chi connectivity index (χ3v) is 3.73. The van der Waals surface area contributed by atoms with Crippen molar-refractivity contribution in [3.8, 4) is 0 Å². The number of hydrogen-bond donors (Lipinski definition) is 0. The molecule has 0 amide bonds. The van der Waals surface area contributed by atoms with Crippen molar-refractivity contribution in [2.45, 2.75) is 18.0 Å². The maximum atomic E-state index is 13.1. The third-order valence-electron chi connectivity index (χ3n) is 2.88. The highest BCUT2D eigenvalue weighted by Gasteiger charge is 2.68. The smallest absolute Gasteiger partial charge is 0.310 e. The van der Waals surface area contributed by atoms with E-state index in [-0.39, 0.29) is 5.56 Å². The van der Waals surface area contributed by atoms with E-state index in [2.05, 4.69) is 4.74 Å². The summed E-state index contributed by atoms with van der Waals surface area (Å²) in [7, 11) is -6.81. The van der Waals surface area contributed by atoms with Crippen LogP contribution in [0.25, 0.3) is 10.8 Å². The minimum atomic E-state index is -6.81. The summed E-state index contributed by atoms with van der Waals surface area (Å²) in [6.45, 7) is -1.01. The summed E-state index contributed by atoms with van der Waals surface area (Å²) in [5.74, 6) is 0. The number of rotatable bonds is 5. The standard InChI is InChI=1S/C13H9F5O3S/c14-12(15,13(16,17)22(18,19)20)21-8-9-5-6-10-3-1-2-4-11(10)7-9/h1-7H,8H2. The molecule has 0 aliphatic carbocycles. The van der Waals surface area contributed by atoms with Crippen molar-refractivity contribution in [2.75, 3.05) is 0 Å². The monoisotopic (exact) mass is 340 g/mol. The van der Waals surface area contributed by atoms with E-state index < -0.39 is 28.2 Å². The van der Waals surface area contributed by atoms with Gasteiger partial charge in [-0.15, -0.1) is 0 Å². The molecule has 0 unspecified atom stereocenters. The Hall–Kier alpha value is -1.74. The van der Waals surface area contributed by atoms with Crippen molar-refractivity contribution >= 4 is 21.0 Å². The molecule has 22 heavy (non-hydrogen) atoms. The molecule has 120 valence electrons. The Kier molecular flexibility index (Phi) is 4.14. The number of fused-ring (bicyclic) bond motifs is 1. The van der Waals surface area contributed by atoms with Gasteiger partial charge < -0.3 is 4.74 Å². The number of alkyl halides is 4. The average molecular weight is 340 g/mol. The lowest BCUT2D eigenvalue weighted by atomic mass is 10.1. The fraction of sp³-hybridized carbons (Fsp3) is 0.231. The molecule has 0 radical (unpaired) electrons. The van der Waals surface area contributed by atoms with Crippen molar-refractivity contribution in [2.24, 2.45) is 0 Å². The first kappa shape index (κ1) is 16.6. The highest BCUT2D eigenvalue weighted by molar-refractivity contribution is 7.87. The van der Waals surface area contributed by atoms with Crippen LogP contribution in [0.15, 0.2) is 42.5 Å². The van der Waals surface area contributed by atoms with Gasteiger partial charge in [0.05, 0.1) is 6.61 Å². The fourth-order valence-corrected chi connectivity index (χ4v) is 2.07. The minimum Gasteiger partial charge on any atom is -0.310 e. The Bertz CT molecular complexity index is 789. The molecule has 0 fully saturated rings. The van der Waals surface area contributed by atoms with Crippen LogP contribution in [0.5, 0.6) is 0 Å². The van der Waals surface area contributed by atoms with E-state index in [0.717, 1.165) is 5.39 Å². The lowest BCUT2D eigenvalue weighted by Gasteiger charge is -2.22. The third kappa shape index (κ3) is 3.05. The molecule has 0 aromatic heterocycles. The van der Waals surface area contributed by atoms with Crippen LogP contribution >= 0.6 is 0 Å². The van der Waals surface area contributed by atoms with Crippen molar-refractivity contribution < 1.29 is 34.6 Å². The molecule has 0 heterocycles. The largest absolute Gasteiger partial charge is 0.464 e. The summed E-state index contributed by atoms with van der Waals surface area (Å²) in [6.07, 6.45) is -5.49. The molecule has 0 N–H and O–H groups in total. The van der Waals surface area contributed by atoms with Crippen LogP contribution in [0.4, 0.5) is 21.4 Å². The molecule has 0 atom stereocenters. The topological polar surface area (TPSA) is 43.4 Å². The van der Waals surface area contributed by atoms with Gasteiger partial charge in [-0.1, -0.05) is 40.3 Å². The van der Waals surface area contributed by atoms with Crippen molar-refractivity contribution in [1.29, 1.82) is 0 Å². The van der Waals surface area contributed by atoms with Gasteiger partial charge in [0.1, 0.15) is 0 Å². The fourth-order valence-electron chi connectivity index (χ4n) is 1.73. The number of benzene rings is 2. The Labute approximate surface area is 122 Å². The molecule has 2 aromatic carbocycles. The normalized spacial score (nSPS) is 13.5. The predicted octanol–water partition coefficient (Wildman–Crippen LogP) is 3.84. The number of ether oxygens (including phenoxy) is 1. The lowest BCUT2D eigenvalue weighted by molar-refractivity contribution is -0.322. The van der Waals surface area contributed by atoms with Gasteiger partial charge in [0.15, 0.2) is 0 Å². The molecule has 0 saturated heterocycles. The average Bonchev–Trinajstić information content (AvgIpc) is 2.43. The summed E-state index contributed by atoms with van der Waals surface area (Å²) in [4.78, 5) is 0. The van der Waals surface area contributed by atoms with Crippen LogP contribution in [0, 0.1) is 0 Å². The SMILES string of the molecule is O=S(=O)(F)C(F)(F)C(F)(F)OCc1ccc2ccccc2c1. The Morgan fingerprint density at radius 2 is 1.55 bits per heavy atom. The Balaban J connectivity index is 2.20. The molecule has 2 aromatic rings. The zero-order valence-electron chi connectivity index (χ0n) is 10.8. The molecule has 0 spiro atoms. The molecule has 2 rings (SSSR count). The van der Waals surface area contributed by atoms with E-state index in [0.29, 0.717) is 5.39 Å². The second-order valence-electron chi connectivity index (χ2n) is 4.44. The second kappa shape index (κ2) is 5.47. The van der Waals surface area contributed by atoms with Crippen LogP contribution < -0.4 is 0 Å². The van der Waals surface area contributed by atoms with Gasteiger partial charge >= 0.3 is 21.6 Å². The van der Waals surface area contributed by atoms with Crippen molar-refractivity contribution in [3.63, 3.8) is 0 Å². The van der Waals surface area contributed by atoms with E-state index in [4.69, 9.17) is 0 Å². The van der Waals surface area contributed by atoms with Crippen LogP contribution in [0.3, 0.4) is 0 Å². The molecule has 0 saturated carbocycles. The maximum Gasteiger partial charge on any atom is 0.464 e. The van der Waals surface area contributed by atoms with Gasteiger partial charge in [0.25, 0.3) is 0 Å². The maximum absolute atomic E-state index is 13.1. The highest BCUT2D eigenvalue weighted by Crippen LogP contribution is 2.41. The lowest BCUT2D eigenvalue weighted by Crippen LogP contribution is -2.47. The van der Waals surface area contributed by atoms with Gasteiger partial charge in [0, 0.05) is 0 Å². The zero-order valence-corrected chi connectivity index (χ0v) is 11.6.